The van der Waals surface area contributed by atoms with Crippen LogP contribution in [0, 0.1) is 0 Å². The predicted molar refractivity (Wildman–Crippen MR) is 211 cm³/mol. The number of carbonyl (C=O) groups is 2. The van der Waals surface area contributed by atoms with Crippen LogP contribution in [-0.2, 0) is 32.7 Å². The number of nitrogens with two attached hydrogens (primary N) is 1. The summed E-state index contributed by atoms with van der Waals surface area (Å²) in [6.45, 7) is 3.74. The molecule has 0 rings (SSSR count). The first-order valence-electron chi connectivity index (χ1n) is 21.2. The second-order valence-electron chi connectivity index (χ2n) is 14.2. The van der Waals surface area contributed by atoms with E-state index in [0.717, 1.165) is 32.1 Å². The van der Waals surface area contributed by atoms with Crippen molar-refractivity contribution in [1.29, 1.82) is 0 Å². The number of phosphoric ester groups is 1. The van der Waals surface area contributed by atoms with Gasteiger partial charge in [0.25, 0.3) is 0 Å². The summed E-state index contributed by atoms with van der Waals surface area (Å²) >= 11 is 0. The van der Waals surface area contributed by atoms with Gasteiger partial charge in [-0.25, -0.2) is 4.57 Å². The number of phosphoric acid groups is 1. The third-order valence-corrected chi connectivity index (χ3v) is 10.1. The molecule has 0 heterocycles. The number of unbranched alkanes of at least 4 members (excludes halogenated alkanes) is 25. The Hall–Kier alpha value is -1.25. The summed E-state index contributed by atoms with van der Waals surface area (Å²) in [4.78, 5) is 34.8. The molecule has 0 saturated carbocycles. The second-order valence-corrected chi connectivity index (χ2v) is 15.7. The summed E-state index contributed by atoms with van der Waals surface area (Å²) in [5.41, 5.74) is 5.34. The number of allylic oxidation sites excluding steroid dienone is 2. The quantitative estimate of drug-likeness (QED) is 0.0272. The van der Waals surface area contributed by atoms with Crippen molar-refractivity contribution in [3.63, 3.8) is 0 Å². The zero-order chi connectivity index (χ0) is 37.5. The number of hydrogen-bond acceptors (Lipinski definition) is 8. The van der Waals surface area contributed by atoms with E-state index < -0.39 is 26.5 Å². The fraction of sp³-hybridized carbons (Fsp3) is 0.902. The molecule has 3 N–H and O–H groups in total. The van der Waals surface area contributed by atoms with Crippen molar-refractivity contribution in [1.82, 2.24) is 0 Å². The zero-order valence-corrected chi connectivity index (χ0v) is 34.0. The lowest BCUT2D eigenvalue weighted by Gasteiger charge is -2.19. The molecule has 0 aliphatic carbocycles. The van der Waals surface area contributed by atoms with E-state index in [9.17, 15) is 19.0 Å². The molecule has 0 radical (unpaired) electrons. The Morgan fingerprint density at radius 2 is 0.961 bits per heavy atom. The lowest BCUT2D eigenvalue weighted by Crippen LogP contribution is -2.29. The van der Waals surface area contributed by atoms with Gasteiger partial charge in [0.2, 0.25) is 0 Å². The molecule has 0 spiro atoms. The Kier molecular flexibility index (Phi) is 37.5. The Labute approximate surface area is 313 Å². The SMILES string of the molecule is CCCCCC/C=C/CCCCCCCCCCCC(=O)OC[C@H](COP(=O)(O)OCCN)OC(=O)CCCCCCCCCCCCCCC. The number of hydrogen-bond donors (Lipinski definition) is 2. The molecule has 0 fully saturated rings. The summed E-state index contributed by atoms with van der Waals surface area (Å²) in [7, 11) is -4.37. The molecule has 0 aromatic heterocycles. The van der Waals surface area contributed by atoms with Gasteiger partial charge in [-0.15, -0.1) is 0 Å². The number of esters is 2. The fourth-order valence-electron chi connectivity index (χ4n) is 5.98. The third kappa shape index (κ3) is 38.3. The maximum absolute atomic E-state index is 12.5. The lowest BCUT2D eigenvalue weighted by atomic mass is 10.0. The highest BCUT2D eigenvalue weighted by Crippen LogP contribution is 2.43. The molecule has 9 nitrogen and oxygen atoms in total. The Morgan fingerprint density at radius 3 is 1.41 bits per heavy atom. The van der Waals surface area contributed by atoms with Crippen molar-refractivity contribution in [2.24, 2.45) is 5.73 Å². The Morgan fingerprint density at radius 1 is 0.569 bits per heavy atom. The third-order valence-electron chi connectivity index (χ3n) is 9.15. The minimum Gasteiger partial charge on any atom is -0.462 e. The van der Waals surface area contributed by atoms with Gasteiger partial charge in [-0.3, -0.25) is 18.6 Å². The number of ether oxygens (including phenoxy) is 2. The molecule has 0 amide bonds. The molecular formula is C41H80NO8P. The molecule has 0 aliphatic heterocycles. The summed E-state index contributed by atoms with van der Waals surface area (Å²) in [5.74, 6) is -0.822. The van der Waals surface area contributed by atoms with Crippen molar-refractivity contribution in [3.05, 3.63) is 12.2 Å². The van der Waals surface area contributed by atoms with E-state index in [0.29, 0.717) is 6.42 Å². The van der Waals surface area contributed by atoms with Crippen LogP contribution in [0.1, 0.15) is 206 Å². The van der Waals surface area contributed by atoms with Gasteiger partial charge in [0.1, 0.15) is 6.61 Å². The maximum atomic E-state index is 12.5. The van der Waals surface area contributed by atoms with Crippen LogP contribution in [0.15, 0.2) is 12.2 Å². The van der Waals surface area contributed by atoms with Crippen LogP contribution in [0.5, 0.6) is 0 Å². The molecule has 0 saturated heterocycles. The molecule has 10 heteroatoms. The van der Waals surface area contributed by atoms with Gasteiger partial charge in [0, 0.05) is 19.4 Å². The monoisotopic (exact) mass is 746 g/mol. The van der Waals surface area contributed by atoms with Gasteiger partial charge in [0.05, 0.1) is 13.2 Å². The first kappa shape index (κ1) is 49.8. The van der Waals surface area contributed by atoms with Gasteiger partial charge in [-0.05, 0) is 38.5 Å². The van der Waals surface area contributed by atoms with Crippen molar-refractivity contribution < 1.29 is 37.6 Å². The fourth-order valence-corrected chi connectivity index (χ4v) is 6.75. The average Bonchev–Trinajstić information content (AvgIpc) is 3.11. The van der Waals surface area contributed by atoms with E-state index in [-0.39, 0.29) is 38.6 Å². The summed E-state index contributed by atoms with van der Waals surface area (Å²) < 4.78 is 32.7. The molecule has 302 valence electrons. The van der Waals surface area contributed by atoms with E-state index in [1.165, 1.54) is 141 Å². The summed E-state index contributed by atoms with van der Waals surface area (Å²) in [5, 5.41) is 0. The molecule has 0 aliphatic rings. The van der Waals surface area contributed by atoms with Gasteiger partial charge in [0.15, 0.2) is 6.10 Å². The first-order chi connectivity index (χ1) is 24.8. The van der Waals surface area contributed by atoms with Crippen LogP contribution in [-0.4, -0.2) is 49.3 Å². The highest BCUT2D eigenvalue weighted by atomic mass is 31.2. The summed E-state index contributed by atoms with van der Waals surface area (Å²) in [6.07, 6.45) is 38.1. The van der Waals surface area contributed by atoms with Crippen LogP contribution in [0.3, 0.4) is 0 Å². The second kappa shape index (κ2) is 38.5. The standard InChI is InChI=1S/C41H80NO8P/c1-3-5-7-9-11-13-15-17-18-19-20-22-23-25-27-29-31-33-40(43)47-37-39(38-49-51(45,46)48-36-35-42)50-41(44)34-32-30-28-26-24-21-16-14-12-10-8-6-4-2/h13,15,39H,3-12,14,16-38,42H2,1-2H3,(H,45,46)/b15-13+/t39-/m1/s1. The number of carbonyl (C=O) groups excluding carboxylic acids is 2. The van der Waals surface area contributed by atoms with Gasteiger partial charge < -0.3 is 20.1 Å². The Balaban J connectivity index is 4.12. The van der Waals surface area contributed by atoms with E-state index >= 15 is 0 Å². The van der Waals surface area contributed by atoms with Gasteiger partial charge in [-0.2, -0.15) is 0 Å². The van der Waals surface area contributed by atoms with E-state index in [2.05, 4.69) is 26.0 Å². The van der Waals surface area contributed by atoms with Crippen molar-refractivity contribution in [2.45, 2.75) is 213 Å². The van der Waals surface area contributed by atoms with Crippen LogP contribution >= 0.6 is 7.82 Å². The van der Waals surface area contributed by atoms with Crippen molar-refractivity contribution in [3.8, 4) is 0 Å². The minimum absolute atomic E-state index is 0.0560. The molecule has 2 atom stereocenters. The highest BCUT2D eigenvalue weighted by Gasteiger charge is 2.26. The topological polar surface area (TPSA) is 134 Å². The van der Waals surface area contributed by atoms with E-state index in [1.807, 2.05) is 0 Å². The van der Waals surface area contributed by atoms with Crippen LogP contribution < -0.4 is 5.73 Å². The van der Waals surface area contributed by atoms with Crippen molar-refractivity contribution in [2.75, 3.05) is 26.4 Å². The lowest BCUT2D eigenvalue weighted by molar-refractivity contribution is -0.161. The number of rotatable bonds is 40. The maximum Gasteiger partial charge on any atom is 0.472 e. The van der Waals surface area contributed by atoms with Crippen LogP contribution in [0.25, 0.3) is 0 Å². The molecule has 1 unspecified atom stereocenters. The smallest absolute Gasteiger partial charge is 0.462 e. The van der Waals surface area contributed by atoms with Gasteiger partial charge >= 0.3 is 19.8 Å². The molecule has 0 aromatic carbocycles. The Bertz CT molecular complexity index is 856. The van der Waals surface area contributed by atoms with Crippen molar-refractivity contribution >= 4 is 19.8 Å². The van der Waals surface area contributed by atoms with Crippen LogP contribution in [0.2, 0.25) is 0 Å². The van der Waals surface area contributed by atoms with E-state index in [1.54, 1.807) is 0 Å². The van der Waals surface area contributed by atoms with Gasteiger partial charge in [-0.1, -0.05) is 167 Å². The van der Waals surface area contributed by atoms with Crippen LogP contribution in [0.4, 0.5) is 0 Å². The largest absolute Gasteiger partial charge is 0.472 e. The van der Waals surface area contributed by atoms with E-state index in [4.69, 9.17) is 24.3 Å². The zero-order valence-electron chi connectivity index (χ0n) is 33.1. The molecule has 0 bridgehead atoms. The highest BCUT2D eigenvalue weighted by molar-refractivity contribution is 7.47. The molecule has 0 aromatic rings. The predicted octanol–water partition coefficient (Wildman–Crippen LogP) is 11.8. The normalized spacial score (nSPS) is 13.4. The minimum atomic E-state index is -4.37. The summed E-state index contributed by atoms with van der Waals surface area (Å²) in [6, 6.07) is 0. The molecular weight excluding hydrogens is 665 g/mol. The first-order valence-corrected chi connectivity index (χ1v) is 22.7. The average molecular weight is 746 g/mol. The molecule has 51 heavy (non-hydrogen) atoms.